The van der Waals surface area contributed by atoms with Crippen LogP contribution in [-0.4, -0.2) is 99.3 Å². The van der Waals surface area contributed by atoms with E-state index >= 15 is 0 Å². The molecule has 5 heterocycles. The molecule has 1 aromatic carbocycles. The topological polar surface area (TPSA) is 141 Å². The van der Waals surface area contributed by atoms with Gasteiger partial charge in [0.25, 0.3) is 5.91 Å². The summed E-state index contributed by atoms with van der Waals surface area (Å²) >= 11 is 0. The van der Waals surface area contributed by atoms with Crippen LogP contribution in [-0.2, 0) is 4.74 Å². The maximum absolute atomic E-state index is 13.5. The third-order valence-corrected chi connectivity index (χ3v) is 7.35. The highest BCUT2D eigenvalue weighted by molar-refractivity contribution is 6.05. The van der Waals surface area contributed by atoms with E-state index in [0.29, 0.717) is 63.9 Å². The molecule has 0 fully saturated rings. The highest BCUT2D eigenvalue weighted by atomic mass is 16.6. The summed E-state index contributed by atoms with van der Waals surface area (Å²) in [6.45, 7) is 7.37. The molecule has 5 aromatic rings. The molecule has 1 N–H and O–H groups in total. The van der Waals surface area contributed by atoms with Crippen LogP contribution in [0, 0.1) is 0 Å². The number of nitrogens with zero attached hydrogens (tertiary/aromatic N) is 8. The zero-order valence-corrected chi connectivity index (χ0v) is 26.8. The van der Waals surface area contributed by atoms with Crippen LogP contribution in [0.15, 0.2) is 48.9 Å². The first-order chi connectivity index (χ1) is 22.0. The van der Waals surface area contributed by atoms with Crippen molar-refractivity contribution in [1.82, 2.24) is 39.6 Å². The van der Waals surface area contributed by atoms with E-state index < -0.39 is 11.7 Å². The average molecular weight is 628 g/mol. The Morgan fingerprint density at radius 2 is 1.93 bits per heavy atom. The van der Waals surface area contributed by atoms with Crippen LogP contribution >= 0.6 is 0 Å². The summed E-state index contributed by atoms with van der Waals surface area (Å²) in [4.78, 5) is 39.3. The Balaban J connectivity index is 1.47. The molecule has 46 heavy (non-hydrogen) atoms. The predicted octanol–water partition coefficient (Wildman–Crippen LogP) is 3.95. The van der Waals surface area contributed by atoms with Crippen LogP contribution in [0.1, 0.15) is 37.7 Å². The minimum absolute atomic E-state index is 0.214. The van der Waals surface area contributed by atoms with E-state index in [-0.39, 0.29) is 18.2 Å². The predicted molar refractivity (Wildman–Crippen MR) is 172 cm³/mol. The number of amides is 2. The second kappa shape index (κ2) is 12.3. The smallest absolute Gasteiger partial charge is 0.415 e. The molecular formula is C32H37N9O5. The Labute approximate surface area is 265 Å². The fourth-order valence-electron chi connectivity index (χ4n) is 5.25. The van der Waals surface area contributed by atoms with Gasteiger partial charge in [-0.1, -0.05) is 0 Å². The molecule has 0 bridgehead atoms. The maximum Gasteiger partial charge on any atom is 0.415 e. The standard InChI is InChI=1S/C32H37N9O5/c1-32(2,3)46-31(43)39-13-14-45-27-17-24(26(44-6)16-23(27)39)40-22-15-21(25-19-35-28-9-7-11-36-41(25)28)34-18-20(22)29(37-40)30(42)33-10-8-12-38(4)5/h7,9,11,15-19H,8,10,12-14H2,1-6H3,(H,33,42). The molecular weight excluding hydrogens is 590 g/mol. The van der Waals surface area contributed by atoms with Gasteiger partial charge < -0.3 is 24.4 Å². The zero-order chi connectivity index (χ0) is 32.6. The number of benzene rings is 1. The van der Waals surface area contributed by atoms with Crippen molar-refractivity contribution < 1.29 is 23.8 Å². The van der Waals surface area contributed by atoms with E-state index in [2.05, 4.69) is 25.3 Å². The van der Waals surface area contributed by atoms with Gasteiger partial charge in [-0.2, -0.15) is 10.2 Å². The van der Waals surface area contributed by atoms with Gasteiger partial charge in [0.15, 0.2) is 11.3 Å². The van der Waals surface area contributed by atoms with Crippen LogP contribution in [0.4, 0.5) is 10.5 Å². The Morgan fingerprint density at radius 3 is 2.70 bits per heavy atom. The van der Waals surface area contributed by atoms with Gasteiger partial charge in [-0.3, -0.25) is 14.7 Å². The molecule has 1 aliphatic rings. The number of fused-ring (bicyclic) bond motifs is 3. The summed E-state index contributed by atoms with van der Waals surface area (Å²) in [5.41, 5.74) is 3.11. The molecule has 0 unspecified atom stereocenters. The lowest BCUT2D eigenvalue weighted by Gasteiger charge is -2.32. The largest absolute Gasteiger partial charge is 0.494 e. The second-order valence-corrected chi connectivity index (χ2v) is 12.2. The van der Waals surface area contributed by atoms with Crippen molar-refractivity contribution in [2.45, 2.75) is 32.8 Å². The quantitative estimate of drug-likeness (QED) is 0.251. The molecule has 0 saturated heterocycles. The Morgan fingerprint density at radius 1 is 1.11 bits per heavy atom. The molecule has 6 rings (SSSR count). The van der Waals surface area contributed by atoms with Crippen LogP contribution in [0.2, 0.25) is 0 Å². The van der Waals surface area contributed by atoms with Gasteiger partial charge in [-0.05, 0) is 66.0 Å². The summed E-state index contributed by atoms with van der Waals surface area (Å²) in [5, 5.41) is 12.8. The van der Waals surface area contributed by atoms with Gasteiger partial charge in [0.2, 0.25) is 0 Å². The second-order valence-electron chi connectivity index (χ2n) is 12.2. The lowest BCUT2D eigenvalue weighted by atomic mass is 10.1. The average Bonchev–Trinajstić information content (AvgIpc) is 3.63. The number of anilines is 1. The molecule has 240 valence electrons. The Kier molecular flexibility index (Phi) is 8.21. The highest BCUT2D eigenvalue weighted by Crippen LogP contribution is 2.41. The lowest BCUT2D eigenvalue weighted by molar-refractivity contribution is 0.0567. The van der Waals surface area contributed by atoms with Crippen LogP contribution in [0.3, 0.4) is 0 Å². The van der Waals surface area contributed by atoms with E-state index in [1.54, 1.807) is 39.9 Å². The molecule has 14 nitrogen and oxygen atoms in total. The molecule has 0 atom stereocenters. The minimum Gasteiger partial charge on any atom is -0.494 e. The monoisotopic (exact) mass is 627 g/mol. The SMILES string of the molecule is COc1cc2c(cc1-n1nc(C(=O)NCCCN(C)C)c3cnc(-c4cnc5cccnn45)cc31)OCCN2C(=O)OC(C)(C)C. The Bertz CT molecular complexity index is 1920. The maximum atomic E-state index is 13.5. The van der Waals surface area contributed by atoms with Crippen molar-refractivity contribution in [3.8, 4) is 28.6 Å². The summed E-state index contributed by atoms with van der Waals surface area (Å²) < 4.78 is 20.8. The fourth-order valence-corrected chi connectivity index (χ4v) is 5.25. The molecule has 0 saturated carbocycles. The highest BCUT2D eigenvalue weighted by Gasteiger charge is 2.31. The summed E-state index contributed by atoms with van der Waals surface area (Å²) in [5.74, 6) is 0.541. The number of aromatic nitrogens is 6. The molecule has 0 aliphatic carbocycles. The first kappa shape index (κ1) is 30.8. The van der Waals surface area contributed by atoms with Crippen molar-refractivity contribution in [3.63, 3.8) is 0 Å². The number of hydrogen-bond acceptors (Lipinski definition) is 10. The summed E-state index contributed by atoms with van der Waals surface area (Å²) in [7, 11) is 5.51. The number of nitrogens with one attached hydrogen (secondary N) is 1. The number of rotatable bonds is 8. The van der Waals surface area contributed by atoms with E-state index in [4.69, 9.17) is 19.3 Å². The van der Waals surface area contributed by atoms with Crippen molar-refractivity contribution in [2.24, 2.45) is 0 Å². The first-order valence-corrected chi connectivity index (χ1v) is 15.0. The van der Waals surface area contributed by atoms with Crippen molar-refractivity contribution >= 4 is 34.2 Å². The third-order valence-electron chi connectivity index (χ3n) is 7.35. The fraction of sp³-hybridized carbons (Fsp3) is 0.375. The summed E-state index contributed by atoms with van der Waals surface area (Å²) in [6.07, 6.45) is 5.32. The van der Waals surface area contributed by atoms with E-state index in [9.17, 15) is 9.59 Å². The van der Waals surface area contributed by atoms with Gasteiger partial charge in [0.05, 0.1) is 42.1 Å². The van der Waals surface area contributed by atoms with Gasteiger partial charge in [0, 0.05) is 31.1 Å². The third kappa shape index (κ3) is 6.03. The molecule has 14 heteroatoms. The molecule has 0 radical (unpaired) electrons. The van der Waals surface area contributed by atoms with Gasteiger partial charge in [-0.15, -0.1) is 0 Å². The number of imidazole rings is 1. The van der Waals surface area contributed by atoms with Crippen LogP contribution in [0.25, 0.3) is 33.6 Å². The molecule has 1 aliphatic heterocycles. The van der Waals surface area contributed by atoms with Crippen LogP contribution < -0.4 is 19.7 Å². The minimum atomic E-state index is -0.668. The normalized spacial score (nSPS) is 13.2. The Hall–Kier alpha value is -5.24. The van der Waals surface area contributed by atoms with Crippen molar-refractivity contribution in [2.75, 3.05) is 52.3 Å². The molecule has 4 aromatic heterocycles. The molecule has 2 amide bonds. The molecule has 0 spiro atoms. The number of methoxy groups -OCH3 is 1. The number of carbonyl (C=O) groups excluding carboxylic acids is 2. The van der Waals surface area contributed by atoms with Gasteiger partial charge >= 0.3 is 6.09 Å². The lowest BCUT2D eigenvalue weighted by Crippen LogP contribution is -2.41. The summed E-state index contributed by atoms with van der Waals surface area (Å²) in [6, 6.07) is 8.99. The number of carbonyl (C=O) groups is 2. The number of pyridine rings is 1. The van der Waals surface area contributed by atoms with E-state index in [1.807, 2.05) is 53.1 Å². The van der Waals surface area contributed by atoms with E-state index in [1.165, 1.54) is 12.0 Å². The van der Waals surface area contributed by atoms with Gasteiger partial charge in [0.1, 0.15) is 35.1 Å². The number of hydrogen-bond donors (Lipinski definition) is 1. The van der Waals surface area contributed by atoms with E-state index in [0.717, 1.165) is 13.0 Å². The zero-order valence-electron chi connectivity index (χ0n) is 26.8. The van der Waals surface area contributed by atoms with Gasteiger partial charge in [-0.25, -0.2) is 19.0 Å². The number of ether oxygens (including phenoxy) is 3. The van der Waals surface area contributed by atoms with Crippen LogP contribution in [0.5, 0.6) is 11.5 Å². The van der Waals surface area contributed by atoms with Crippen molar-refractivity contribution in [1.29, 1.82) is 0 Å². The first-order valence-electron chi connectivity index (χ1n) is 15.0. The van der Waals surface area contributed by atoms with Crippen molar-refractivity contribution in [3.05, 3.63) is 54.6 Å².